The van der Waals surface area contributed by atoms with Crippen LogP contribution in [0.5, 0.6) is 0 Å². The molecule has 1 saturated carbocycles. The lowest BCUT2D eigenvalue weighted by molar-refractivity contribution is -0.00373. The fourth-order valence-corrected chi connectivity index (χ4v) is 3.02. The standard InChI is InChI=1S/C16H22F2N2/c17-16(18,14-4-2-1-3-5-14)12-19-10-13-8-9-20(11-13)15-6-7-15/h1-5,13,15,19H,6-12H2. The minimum Gasteiger partial charge on any atom is -0.311 e. The highest BCUT2D eigenvalue weighted by Gasteiger charge is 2.35. The zero-order valence-electron chi connectivity index (χ0n) is 11.7. The predicted molar refractivity (Wildman–Crippen MR) is 75.9 cm³/mol. The molecule has 3 rings (SSSR count). The van der Waals surface area contributed by atoms with Crippen molar-refractivity contribution in [1.82, 2.24) is 10.2 Å². The van der Waals surface area contributed by atoms with Gasteiger partial charge in [0.25, 0.3) is 5.92 Å². The van der Waals surface area contributed by atoms with Crippen molar-refractivity contribution < 1.29 is 8.78 Å². The molecule has 1 atom stereocenters. The first-order valence-electron chi connectivity index (χ1n) is 7.53. The maximum atomic E-state index is 14.0. The number of nitrogens with zero attached hydrogens (tertiary/aromatic N) is 1. The topological polar surface area (TPSA) is 15.3 Å². The Kier molecular flexibility index (Phi) is 4.03. The lowest BCUT2D eigenvalue weighted by atomic mass is 10.1. The molecule has 110 valence electrons. The normalized spacial score (nSPS) is 24.2. The Balaban J connectivity index is 1.43. The Hall–Kier alpha value is -1.00. The van der Waals surface area contributed by atoms with Crippen LogP contribution in [0.15, 0.2) is 30.3 Å². The van der Waals surface area contributed by atoms with Crippen LogP contribution >= 0.6 is 0 Å². The van der Waals surface area contributed by atoms with Gasteiger partial charge in [-0.3, -0.25) is 0 Å². The Morgan fingerprint density at radius 1 is 1.15 bits per heavy atom. The molecule has 1 saturated heterocycles. The van der Waals surface area contributed by atoms with Gasteiger partial charge in [-0.1, -0.05) is 30.3 Å². The van der Waals surface area contributed by atoms with Crippen LogP contribution in [0.4, 0.5) is 8.78 Å². The van der Waals surface area contributed by atoms with E-state index in [0.29, 0.717) is 12.5 Å². The molecule has 0 amide bonds. The van der Waals surface area contributed by atoms with E-state index < -0.39 is 5.92 Å². The van der Waals surface area contributed by atoms with E-state index in [1.165, 1.54) is 25.0 Å². The van der Waals surface area contributed by atoms with E-state index in [0.717, 1.165) is 25.6 Å². The zero-order chi connectivity index (χ0) is 14.0. The van der Waals surface area contributed by atoms with E-state index in [1.807, 2.05) is 0 Å². The van der Waals surface area contributed by atoms with Gasteiger partial charge < -0.3 is 10.2 Å². The summed E-state index contributed by atoms with van der Waals surface area (Å²) in [6.45, 7) is 2.66. The highest BCUT2D eigenvalue weighted by molar-refractivity contribution is 5.20. The van der Waals surface area contributed by atoms with Crippen molar-refractivity contribution in [1.29, 1.82) is 0 Å². The molecule has 2 nitrogen and oxygen atoms in total. The molecule has 0 spiro atoms. The first-order valence-corrected chi connectivity index (χ1v) is 7.53. The number of alkyl halides is 2. The molecule has 20 heavy (non-hydrogen) atoms. The molecule has 4 heteroatoms. The van der Waals surface area contributed by atoms with Crippen molar-refractivity contribution >= 4 is 0 Å². The van der Waals surface area contributed by atoms with Crippen LogP contribution in [0.2, 0.25) is 0 Å². The second-order valence-electron chi connectivity index (χ2n) is 6.08. The van der Waals surface area contributed by atoms with Gasteiger partial charge in [0.05, 0.1) is 6.54 Å². The van der Waals surface area contributed by atoms with Crippen molar-refractivity contribution in [3.05, 3.63) is 35.9 Å². The van der Waals surface area contributed by atoms with Gasteiger partial charge in [0.15, 0.2) is 0 Å². The summed E-state index contributed by atoms with van der Waals surface area (Å²) in [7, 11) is 0. The predicted octanol–water partition coefficient (Wildman–Crippen LogP) is 2.85. The van der Waals surface area contributed by atoms with Crippen LogP contribution in [0.1, 0.15) is 24.8 Å². The Morgan fingerprint density at radius 3 is 2.60 bits per heavy atom. The van der Waals surface area contributed by atoms with Gasteiger partial charge in [0.1, 0.15) is 0 Å². The summed E-state index contributed by atoms with van der Waals surface area (Å²) in [6.07, 6.45) is 3.79. The van der Waals surface area contributed by atoms with Crippen LogP contribution in [0.25, 0.3) is 0 Å². The van der Waals surface area contributed by atoms with E-state index in [9.17, 15) is 8.78 Å². The number of hydrogen-bond donors (Lipinski definition) is 1. The van der Waals surface area contributed by atoms with E-state index in [-0.39, 0.29) is 12.1 Å². The number of nitrogens with one attached hydrogen (secondary N) is 1. The lowest BCUT2D eigenvalue weighted by Gasteiger charge is -2.19. The molecule has 1 unspecified atom stereocenters. The highest BCUT2D eigenvalue weighted by Crippen LogP contribution is 2.31. The summed E-state index contributed by atoms with van der Waals surface area (Å²) in [6, 6.07) is 8.86. The average molecular weight is 280 g/mol. The summed E-state index contributed by atoms with van der Waals surface area (Å²) in [4.78, 5) is 2.52. The van der Waals surface area contributed by atoms with Gasteiger partial charge in [-0.05, 0) is 38.3 Å². The summed E-state index contributed by atoms with van der Waals surface area (Å²) in [5, 5.41) is 2.97. The monoisotopic (exact) mass is 280 g/mol. The van der Waals surface area contributed by atoms with Gasteiger partial charge in [-0.25, -0.2) is 0 Å². The molecule has 1 aromatic rings. The fraction of sp³-hybridized carbons (Fsp3) is 0.625. The summed E-state index contributed by atoms with van der Waals surface area (Å²) < 4.78 is 27.9. The third-order valence-electron chi connectivity index (χ3n) is 4.36. The molecular formula is C16H22F2N2. The van der Waals surface area contributed by atoms with E-state index in [4.69, 9.17) is 0 Å². The molecule has 1 aliphatic heterocycles. The number of rotatable bonds is 6. The molecular weight excluding hydrogens is 258 g/mol. The maximum absolute atomic E-state index is 14.0. The second kappa shape index (κ2) is 5.78. The minimum atomic E-state index is -2.78. The molecule has 1 N–H and O–H groups in total. The quantitative estimate of drug-likeness (QED) is 0.862. The smallest absolute Gasteiger partial charge is 0.285 e. The maximum Gasteiger partial charge on any atom is 0.285 e. The number of halogens is 2. The van der Waals surface area contributed by atoms with Crippen LogP contribution in [-0.2, 0) is 5.92 Å². The van der Waals surface area contributed by atoms with Gasteiger partial charge in [-0.2, -0.15) is 8.78 Å². The van der Waals surface area contributed by atoms with Crippen molar-refractivity contribution in [2.45, 2.75) is 31.2 Å². The van der Waals surface area contributed by atoms with E-state index >= 15 is 0 Å². The molecule has 0 bridgehead atoms. The number of benzene rings is 1. The van der Waals surface area contributed by atoms with Crippen molar-refractivity contribution in [2.75, 3.05) is 26.2 Å². The average Bonchev–Trinajstić information content (AvgIpc) is 3.20. The Bertz CT molecular complexity index is 431. The molecule has 1 heterocycles. The largest absolute Gasteiger partial charge is 0.311 e. The van der Waals surface area contributed by atoms with Crippen LogP contribution in [0, 0.1) is 5.92 Å². The Labute approximate surface area is 119 Å². The Morgan fingerprint density at radius 2 is 1.90 bits per heavy atom. The summed E-state index contributed by atoms with van der Waals surface area (Å²) in [5.41, 5.74) is 0.0959. The van der Waals surface area contributed by atoms with Crippen molar-refractivity contribution in [3.63, 3.8) is 0 Å². The third-order valence-corrected chi connectivity index (χ3v) is 4.36. The first kappa shape index (κ1) is 14.0. The molecule has 2 fully saturated rings. The first-order chi connectivity index (χ1) is 9.65. The molecule has 0 radical (unpaired) electrons. The summed E-state index contributed by atoms with van der Waals surface area (Å²) in [5.74, 6) is -2.25. The number of likely N-dealkylation sites (tertiary alicyclic amines) is 1. The van der Waals surface area contributed by atoms with Gasteiger partial charge >= 0.3 is 0 Å². The molecule has 0 aromatic heterocycles. The fourth-order valence-electron chi connectivity index (χ4n) is 3.02. The zero-order valence-corrected chi connectivity index (χ0v) is 11.7. The number of hydrogen-bond acceptors (Lipinski definition) is 2. The second-order valence-corrected chi connectivity index (χ2v) is 6.08. The molecule has 2 aliphatic rings. The molecule has 1 aliphatic carbocycles. The minimum absolute atomic E-state index is 0.0959. The third kappa shape index (κ3) is 3.36. The van der Waals surface area contributed by atoms with Crippen LogP contribution in [-0.4, -0.2) is 37.1 Å². The molecule has 1 aromatic carbocycles. The summed E-state index contributed by atoms with van der Waals surface area (Å²) >= 11 is 0. The van der Waals surface area contributed by atoms with E-state index in [2.05, 4.69) is 10.2 Å². The van der Waals surface area contributed by atoms with Crippen molar-refractivity contribution in [3.8, 4) is 0 Å². The van der Waals surface area contributed by atoms with Crippen LogP contribution < -0.4 is 5.32 Å². The van der Waals surface area contributed by atoms with Gasteiger partial charge in [-0.15, -0.1) is 0 Å². The van der Waals surface area contributed by atoms with Gasteiger partial charge in [0.2, 0.25) is 0 Å². The van der Waals surface area contributed by atoms with E-state index in [1.54, 1.807) is 18.2 Å². The van der Waals surface area contributed by atoms with Crippen LogP contribution in [0.3, 0.4) is 0 Å². The lowest BCUT2D eigenvalue weighted by Crippen LogP contribution is -2.34. The van der Waals surface area contributed by atoms with Crippen molar-refractivity contribution in [2.24, 2.45) is 5.92 Å². The highest BCUT2D eigenvalue weighted by atomic mass is 19.3. The SMILES string of the molecule is FC(F)(CNCC1CCN(C2CC2)C1)c1ccccc1. The van der Waals surface area contributed by atoms with Gasteiger partial charge in [0, 0.05) is 18.2 Å².